The number of hydrogen-bond acceptors (Lipinski definition) is 3. The minimum Gasteiger partial charge on any atom is -0.302 e. The number of aromatic amines is 2. The van der Waals surface area contributed by atoms with Crippen LogP contribution in [0.4, 0.5) is 0 Å². The zero-order valence-electron chi connectivity index (χ0n) is 12.5. The first-order valence-electron chi connectivity index (χ1n) is 7.00. The van der Waals surface area contributed by atoms with Gasteiger partial charge in [0.2, 0.25) is 0 Å². The van der Waals surface area contributed by atoms with E-state index in [9.17, 15) is 14.9 Å². The van der Waals surface area contributed by atoms with E-state index in [1.807, 2.05) is 13.8 Å². The maximum absolute atomic E-state index is 12.2. The Balaban J connectivity index is 2.44. The number of nitrogens with zero attached hydrogens (tertiary/aromatic N) is 2. The van der Waals surface area contributed by atoms with Gasteiger partial charge in [-0.1, -0.05) is 25.4 Å². The van der Waals surface area contributed by atoms with Gasteiger partial charge in [0.15, 0.2) is 0 Å². The lowest BCUT2D eigenvalue weighted by molar-refractivity contribution is 0.795. The Hall–Kier alpha value is -2.78. The van der Waals surface area contributed by atoms with Crippen LogP contribution in [-0.2, 0) is 0 Å². The Morgan fingerprint density at radius 3 is 2.65 bits per heavy atom. The summed E-state index contributed by atoms with van der Waals surface area (Å²) in [5.41, 5.74) is 0.532. The molecule has 23 heavy (non-hydrogen) atoms. The van der Waals surface area contributed by atoms with Gasteiger partial charge < -0.3 is 4.57 Å². The van der Waals surface area contributed by atoms with Gasteiger partial charge in [0.1, 0.15) is 5.82 Å². The van der Waals surface area contributed by atoms with Gasteiger partial charge in [0, 0.05) is 16.6 Å². The molecule has 0 fully saturated rings. The maximum Gasteiger partial charge on any atom is 0.327 e. The number of fused-ring (bicyclic) bond motifs is 1. The summed E-state index contributed by atoms with van der Waals surface area (Å²) >= 11 is 6.08. The summed E-state index contributed by atoms with van der Waals surface area (Å²) < 4.78 is 1.67. The van der Waals surface area contributed by atoms with E-state index in [0.717, 1.165) is 0 Å². The number of H-pyrrole nitrogens is 2. The van der Waals surface area contributed by atoms with Crippen LogP contribution in [0.15, 0.2) is 34.0 Å². The predicted molar refractivity (Wildman–Crippen MR) is 88.3 cm³/mol. The standard InChI is InChI=1S/C16H13ClN4O2/c1-8(2)13-14(19-16(23)20-15(13)22)21-4-3-11-9(7-18)5-10(17)6-12(11)21/h3-6,8H,1-2H3,(H2,19,20,22,23). The topological polar surface area (TPSA) is 94.4 Å². The van der Waals surface area contributed by atoms with Crippen molar-refractivity contribution in [3.8, 4) is 11.9 Å². The highest BCUT2D eigenvalue weighted by molar-refractivity contribution is 6.31. The molecule has 6 nitrogen and oxygen atoms in total. The summed E-state index contributed by atoms with van der Waals surface area (Å²) in [6, 6.07) is 7.13. The molecule has 7 heteroatoms. The quantitative estimate of drug-likeness (QED) is 0.757. The minimum atomic E-state index is -0.584. The maximum atomic E-state index is 12.2. The molecule has 0 radical (unpaired) electrons. The molecule has 3 aromatic rings. The van der Waals surface area contributed by atoms with Gasteiger partial charge in [-0.2, -0.15) is 5.26 Å². The van der Waals surface area contributed by atoms with Gasteiger partial charge in [0.25, 0.3) is 5.56 Å². The van der Waals surface area contributed by atoms with Crippen LogP contribution in [0.5, 0.6) is 0 Å². The van der Waals surface area contributed by atoms with Crippen LogP contribution in [-0.4, -0.2) is 14.5 Å². The molecular formula is C16H13ClN4O2. The van der Waals surface area contributed by atoms with E-state index in [1.165, 1.54) is 0 Å². The molecule has 1 aromatic carbocycles. The van der Waals surface area contributed by atoms with Crippen molar-refractivity contribution in [2.45, 2.75) is 19.8 Å². The molecule has 0 spiro atoms. The lowest BCUT2D eigenvalue weighted by Crippen LogP contribution is -2.29. The van der Waals surface area contributed by atoms with E-state index < -0.39 is 11.2 Å². The van der Waals surface area contributed by atoms with Crippen molar-refractivity contribution in [2.75, 3.05) is 0 Å². The zero-order valence-corrected chi connectivity index (χ0v) is 13.2. The van der Waals surface area contributed by atoms with Gasteiger partial charge in [-0.05, 0) is 24.1 Å². The minimum absolute atomic E-state index is 0.0994. The molecule has 0 aliphatic carbocycles. The summed E-state index contributed by atoms with van der Waals surface area (Å²) in [5.74, 6) is 0.285. The summed E-state index contributed by atoms with van der Waals surface area (Å²) in [6.45, 7) is 3.73. The molecule has 0 unspecified atom stereocenters. The van der Waals surface area contributed by atoms with Crippen molar-refractivity contribution in [1.82, 2.24) is 14.5 Å². The number of nitriles is 1. The largest absolute Gasteiger partial charge is 0.327 e. The monoisotopic (exact) mass is 328 g/mol. The first-order valence-corrected chi connectivity index (χ1v) is 7.37. The highest BCUT2D eigenvalue weighted by Gasteiger charge is 2.17. The van der Waals surface area contributed by atoms with Crippen LogP contribution in [0.1, 0.15) is 30.9 Å². The summed E-state index contributed by atoms with van der Waals surface area (Å²) in [7, 11) is 0. The van der Waals surface area contributed by atoms with Gasteiger partial charge in [-0.15, -0.1) is 0 Å². The lowest BCUT2D eigenvalue weighted by atomic mass is 10.1. The summed E-state index contributed by atoms with van der Waals surface area (Å²) in [5, 5.41) is 10.4. The highest BCUT2D eigenvalue weighted by Crippen LogP contribution is 2.28. The third-order valence-corrected chi connectivity index (χ3v) is 3.89. The number of rotatable bonds is 2. The van der Waals surface area contributed by atoms with Crippen molar-refractivity contribution in [3.63, 3.8) is 0 Å². The molecule has 0 saturated heterocycles. The second-order valence-electron chi connectivity index (χ2n) is 5.51. The lowest BCUT2D eigenvalue weighted by Gasteiger charge is -2.13. The fraction of sp³-hybridized carbons (Fsp3) is 0.188. The first kappa shape index (κ1) is 15.1. The first-order chi connectivity index (χ1) is 10.9. The zero-order chi connectivity index (χ0) is 16.7. The van der Waals surface area contributed by atoms with Crippen LogP contribution >= 0.6 is 11.6 Å². The smallest absolute Gasteiger partial charge is 0.302 e. The van der Waals surface area contributed by atoms with Crippen LogP contribution in [0.25, 0.3) is 16.7 Å². The Morgan fingerprint density at radius 1 is 1.26 bits per heavy atom. The molecule has 3 rings (SSSR count). The number of halogens is 1. The average Bonchev–Trinajstić information content (AvgIpc) is 2.88. The van der Waals surface area contributed by atoms with E-state index in [1.54, 1.807) is 29.0 Å². The molecule has 2 heterocycles. The van der Waals surface area contributed by atoms with E-state index in [0.29, 0.717) is 32.9 Å². The van der Waals surface area contributed by atoms with E-state index >= 15 is 0 Å². The third kappa shape index (κ3) is 2.45. The predicted octanol–water partition coefficient (Wildman–Crippen LogP) is 2.66. The van der Waals surface area contributed by atoms with Crippen LogP contribution < -0.4 is 11.2 Å². The Bertz CT molecular complexity index is 1070. The Kier molecular flexibility index (Phi) is 3.58. The molecule has 0 aliphatic heterocycles. The van der Waals surface area contributed by atoms with Gasteiger partial charge in [-0.3, -0.25) is 14.8 Å². The van der Waals surface area contributed by atoms with E-state index in [2.05, 4.69) is 16.0 Å². The number of hydrogen-bond donors (Lipinski definition) is 2. The molecule has 0 bridgehead atoms. The number of nitrogens with one attached hydrogen (secondary N) is 2. The second-order valence-corrected chi connectivity index (χ2v) is 5.95. The van der Waals surface area contributed by atoms with E-state index in [4.69, 9.17) is 11.6 Å². The Morgan fingerprint density at radius 2 is 2.00 bits per heavy atom. The highest BCUT2D eigenvalue weighted by atomic mass is 35.5. The molecule has 0 atom stereocenters. The average molecular weight is 329 g/mol. The molecule has 0 aliphatic rings. The molecule has 0 saturated carbocycles. The van der Waals surface area contributed by atoms with E-state index in [-0.39, 0.29) is 5.92 Å². The van der Waals surface area contributed by atoms with Crippen molar-refractivity contribution >= 4 is 22.5 Å². The van der Waals surface area contributed by atoms with Crippen molar-refractivity contribution in [2.24, 2.45) is 0 Å². The van der Waals surface area contributed by atoms with Crippen molar-refractivity contribution < 1.29 is 0 Å². The molecule has 116 valence electrons. The van der Waals surface area contributed by atoms with Gasteiger partial charge >= 0.3 is 5.69 Å². The molecule has 2 N–H and O–H groups in total. The van der Waals surface area contributed by atoms with Crippen LogP contribution in [0, 0.1) is 11.3 Å². The van der Waals surface area contributed by atoms with Crippen molar-refractivity contribution in [3.05, 3.63) is 61.4 Å². The fourth-order valence-corrected chi connectivity index (χ4v) is 2.92. The van der Waals surface area contributed by atoms with Crippen molar-refractivity contribution in [1.29, 1.82) is 5.26 Å². The molecule has 0 amide bonds. The number of benzene rings is 1. The number of aromatic nitrogens is 3. The SMILES string of the molecule is CC(C)c1c(-n2ccc3c(C#N)cc(Cl)cc32)[nH]c(=O)[nH]c1=O. The third-order valence-electron chi connectivity index (χ3n) is 3.67. The summed E-state index contributed by atoms with van der Waals surface area (Å²) in [6.07, 6.45) is 1.71. The second kappa shape index (κ2) is 5.45. The summed E-state index contributed by atoms with van der Waals surface area (Å²) in [4.78, 5) is 28.8. The fourth-order valence-electron chi connectivity index (χ4n) is 2.70. The normalized spacial score (nSPS) is 11.1. The Labute approximate surface area is 136 Å². The van der Waals surface area contributed by atoms with Crippen LogP contribution in [0.3, 0.4) is 0 Å². The molecule has 2 aromatic heterocycles. The van der Waals surface area contributed by atoms with Gasteiger partial charge in [0.05, 0.1) is 22.7 Å². The van der Waals surface area contributed by atoms with Crippen LogP contribution in [0.2, 0.25) is 5.02 Å². The van der Waals surface area contributed by atoms with Gasteiger partial charge in [-0.25, -0.2) is 4.79 Å². The molecular weight excluding hydrogens is 316 g/mol.